The second-order valence-corrected chi connectivity index (χ2v) is 15.2. The molecule has 1 atom stereocenters. The molecule has 1 aliphatic rings. The average molecular weight is 726 g/mol. The third-order valence-electron chi connectivity index (χ3n) is 12.1. The van der Waals surface area contributed by atoms with Gasteiger partial charge in [-0.3, -0.25) is 0 Å². The summed E-state index contributed by atoms with van der Waals surface area (Å²) in [6.45, 7) is 0. The molecule has 0 N–H and O–H groups in total. The minimum Gasteiger partial charge on any atom is -0.454 e. The summed E-state index contributed by atoms with van der Waals surface area (Å²) in [5.74, 6) is 0.133. The van der Waals surface area contributed by atoms with E-state index in [1.165, 1.54) is 72.0 Å². The number of aromatic nitrogens is 1. The molecule has 2 heteroatoms. The predicted octanol–water partition coefficient (Wildman–Crippen LogP) is 14.8. The summed E-state index contributed by atoms with van der Waals surface area (Å²) in [5.41, 5.74) is 19.0. The van der Waals surface area contributed by atoms with Gasteiger partial charge >= 0.3 is 0 Å². The van der Waals surface area contributed by atoms with Crippen molar-refractivity contribution in [3.05, 3.63) is 223 Å². The van der Waals surface area contributed by atoms with Gasteiger partial charge in [0.2, 0.25) is 0 Å². The lowest BCUT2D eigenvalue weighted by Gasteiger charge is -2.15. The van der Waals surface area contributed by atoms with E-state index in [1.54, 1.807) is 0 Å². The first kappa shape index (κ1) is 31.9. The Labute approximate surface area is 330 Å². The van der Waals surface area contributed by atoms with Crippen molar-refractivity contribution in [3.8, 4) is 50.2 Å². The molecule has 2 aromatic heterocycles. The van der Waals surface area contributed by atoms with Gasteiger partial charge in [0.15, 0.2) is 5.58 Å². The highest BCUT2D eigenvalue weighted by Crippen LogP contribution is 2.50. The second-order valence-electron chi connectivity index (χ2n) is 15.2. The molecule has 0 saturated heterocycles. The first-order valence-corrected chi connectivity index (χ1v) is 19.7. The molecule has 0 saturated carbocycles. The second kappa shape index (κ2) is 12.6. The van der Waals surface area contributed by atoms with Gasteiger partial charge in [-0.1, -0.05) is 158 Å². The summed E-state index contributed by atoms with van der Waals surface area (Å²) < 4.78 is 9.29. The van der Waals surface area contributed by atoms with Crippen molar-refractivity contribution in [2.75, 3.05) is 0 Å². The zero-order valence-corrected chi connectivity index (χ0v) is 31.1. The molecule has 2 nitrogen and oxygen atoms in total. The number of rotatable bonds is 5. The van der Waals surface area contributed by atoms with Crippen LogP contribution in [0.25, 0.3) is 93.9 Å². The highest BCUT2D eigenvalue weighted by Gasteiger charge is 2.30. The van der Waals surface area contributed by atoms with Gasteiger partial charge in [0, 0.05) is 27.5 Å². The Bertz CT molecular complexity index is 3240. The average Bonchev–Trinajstić information content (AvgIpc) is 3.94. The molecule has 1 unspecified atom stereocenters. The molecule has 12 rings (SSSR count). The SMILES string of the molecule is c1ccc(-c2ccc3c(c2)-c2ccccc2C3c2ccc3oc4c(-n5c6ccc(-c7ccccc7)cc6c6cc(-c7ccccc7)ccc65)cccc4c3c2)cc1. The summed E-state index contributed by atoms with van der Waals surface area (Å²) in [7, 11) is 0. The third-order valence-corrected chi connectivity index (χ3v) is 12.1. The smallest absolute Gasteiger partial charge is 0.159 e. The highest BCUT2D eigenvalue weighted by atomic mass is 16.3. The maximum atomic E-state index is 6.89. The Morgan fingerprint density at radius 1 is 0.351 bits per heavy atom. The summed E-state index contributed by atoms with van der Waals surface area (Å²) in [4.78, 5) is 0. The van der Waals surface area contributed by atoms with Crippen LogP contribution in [0.1, 0.15) is 22.6 Å². The molecular formula is C55H35NO. The molecule has 1 aliphatic carbocycles. The normalized spacial score (nSPS) is 13.4. The first-order chi connectivity index (χ1) is 28.3. The maximum Gasteiger partial charge on any atom is 0.159 e. The van der Waals surface area contributed by atoms with Crippen LogP contribution in [0.2, 0.25) is 0 Å². The number of fused-ring (bicyclic) bond motifs is 9. The molecule has 0 radical (unpaired) electrons. The number of hydrogen-bond donors (Lipinski definition) is 0. The van der Waals surface area contributed by atoms with E-state index in [4.69, 9.17) is 4.42 Å². The topological polar surface area (TPSA) is 18.1 Å². The fraction of sp³-hybridized carbons (Fsp3) is 0.0182. The number of benzene rings is 9. The molecule has 0 aliphatic heterocycles. The van der Waals surface area contributed by atoms with Crippen molar-refractivity contribution >= 4 is 43.7 Å². The quantitative estimate of drug-likeness (QED) is 0.173. The Hall–Kier alpha value is -7.42. The zero-order valence-electron chi connectivity index (χ0n) is 31.1. The van der Waals surface area contributed by atoms with Crippen molar-refractivity contribution in [1.82, 2.24) is 4.57 Å². The fourth-order valence-corrected chi connectivity index (χ4v) is 9.43. The molecule has 0 spiro atoms. The zero-order chi connectivity index (χ0) is 37.5. The number of hydrogen-bond acceptors (Lipinski definition) is 1. The van der Waals surface area contributed by atoms with Crippen LogP contribution in [-0.2, 0) is 0 Å². The molecule has 0 amide bonds. The monoisotopic (exact) mass is 725 g/mol. The van der Waals surface area contributed by atoms with E-state index in [2.05, 4.69) is 211 Å². The Kier molecular flexibility index (Phi) is 7.02. The van der Waals surface area contributed by atoms with Crippen LogP contribution in [0, 0.1) is 0 Å². The highest BCUT2D eigenvalue weighted by molar-refractivity contribution is 6.14. The molecule has 57 heavy (non-hydrogen) atoms. The van der Waals surface area contributed by atoms with E-state index in [0.717, 1.165) is 38.7 Å². The Morgan fingerprint density at radius 3 is 1.56 bits per heavy atom. The van der Waals surface area contributed by atoms with Gasteiger partial charge in [-0.2, -0.15) is 0 Å². The van der Waals surface area contributed by atoms with Gasteiger partial charge in [-0.05, 0) is 110 Å². The molecule has 0 fully saturated rings. The first-order valence-electron chi connectivity index (χ1n) is 19.7. The third kappa shape index (κ3) is 4.97. The van der Waals surface area contributed by atoms with Gasteiger partial charge in [0.1, 0.15) is 5.58 Å². The lowest BCUT2D eigenvalue weighted by Crippen LogP contribution is -1.99. The van der Waals surface area contributed by atoms with Crippen LogP contribution < -0.4 is 0 Å². The minimum atomic E-state index is 0.133. The van der Waals surface area contributed by atoms with Crippen molar-refractivity contribution in [2.45, 2.75) is 5.92 Å². The van der Waals surface area contributed by atoms with E-state index in [0.29, 0.717) is 0 Å². The largest absolute Gasteiger partial charge is 0.454 e. The lowest BCUT2D eigenvalue weighted by atomic mass is 9.88. The van der Waals surface area contributed by atoms with Crippen LogP contribution in [0.3, 0.4) is 0 Å². The van der Waals surface area contributed by atoms with E-state index in [-0.39, 0.29) is 5.92 Å². The van der Waals surface area contributed by atoms with Crippen LogP contribution in [-0.4, -0.2) is 4.57 Å². The molecule has 9 aromatic carbocycles. The molecule has 0 bridgehead atoms. The maximum absolute atomic E-state index is 6.89. The van der Waals surface area contributed by atoms with E-state index >= 15 is 0 Å². The standard InChI is InChI=1S/C55H35NO/c1-4-13-35(14-5-1)38-23-27-44-46(31-38)42-19-10-11-20-43(42)54(44)41-26-30-53-49(34-41)45-21-12-22-52(55(45)57-53)56-50-28-24-39(36-15-6-2-7-16-36)32-47(50)48-33-40(25-29-51(48)56)37-17-8-3-9-18-37/h1-34,54H. The van der Waals surface area contributed by atoms with Crippen molar-refractivity contribution in [2.24, 2.45) is 0 Å². The van der Waals surface area contributed by atoms with Crippen molar-refractivity contribution in [1.29, 1.82) is 0 Å². The van der Waals surface area contributed by atoms with Gasteiger partial charge in [-0.15, -0.1) is 0 Å². The van der Waals surface area contributed by atoms with Crippen LogP contribution in [0.15, 0.2) is 211 Å². The van der Waals surface area contributed by atoms with Gasteiger partial charge in [-0.25, -0.2) is 0 Å². The minimum absolute atomic E-state index is 0.133. The summed E-state index contributed by atoms with van der Waals surface area (Å²) >= 11 is 0. The Morgan fingerprint density at radius 2 is 0.912 bits per heavy atom. The molecule has 266 valence electrons. The predicted molar refractivity (Wildman–Crippen MR) is 237 cm³/mol. The molecule has 11 aromatic rings. The van der Waals surface area contributed by atoms with E-state index in [9.17, 15) is 0 Å². The number of nitrogens with zero attached hydrogens (tertiary/aromatic N) is 1. The summed E-state index contributed by atoms with van der Waals surface area (Å²) in [6.07, 6.45) is 0. The van der Waals surface area contributed by atoms with E-state index in [1.807, 2.05) is 0 Å². The number of furan rings is 1. The van der Waals surface area contributed by atoms with Crippen LogP contribution in [0.5, 0.6) is 0 Å². The summed E-state index contributed by atoms with van der Waals surface area (Å²) in [6, 6.07) is 75.1. The van der Waals surface area contributed by atoms with Crippen molar-refractivity contribution < 1.29 is 4.42 Å². The fourth-order valence-electron chi connectivity index (χ4n) is 9.43. The summed E-state index contributed by atoms with van der Waals surface area (Å²) in [5, 5.41) is 4.68. The molecule has 2 heterocycles. The van der Waals surface area contributed by atoms with E-state index < -0.39 is 0 Å². The molecular weight excluding hydrogens is 691 g/mol. The van der Waals surface area contributed by atoms with Gasteiger partial charge < -0.3 is 8.98 Å². The lowest BCUT2D eigenvalue weighted by molar-refractivity contribution is 0.666. The van der Waals surface area contributed by atoms with Crippen LogP contribution in [0.4, 0.5) is 0 Å². The Balaban J connectivity index is 1.04. The van der Waals surface area contributed by atoms with Gasteiger partial charge in [0.25, 0.3) is 0 Å². The number of para-hydroxylation sites is 1. The van der Waals surface area contributed by atoms with Crippen LogP contribution >= 0.6 is 0 Å². The van der Waals surface area contributed by atoms with Crippen molar-refractivity contribution in [3.63, 3.8) is 0 Å². The van der Waals surface area contributed by atoms with Gasteiger partial charge in [0.05, 0.1) is 16.7 Å².